The van der Waals surface area contributed by atoms with Gasteiger partial charge >= 0.3 is 0 Å². The van der Waals surface area contributed by atoms with E-state index in [0.29, 0.717) is 0 Å². The zero-order valence-electron chi connectivity index (χ0n) is 7.94. The molecule has 0 spiro atoms. The highest BCUT2D eigenvalue weighted by atomic mass is 127. The first-order chi connectivity index (χ1) is 5.76. The Morgan fingerprint density at radius 2 is 2.17 bits per heavy atom. The van der Waals surface area contributed by atoms with Gasteiger partial charge in [-0.1, -0.05) is 46.4 Å². The van der Waals surface area contributed by atoms with E-state index in [1.165, 1.54) is 11.1 Å². The molecule has 0 unspecified atom stereocenters. The van der Waals surface area contributed by atoms with E-state index >= 15 is 0 Å². The first kappa shape index (κ1) is 11.9. The van der Waals surface area contributed by atoms with E-state index in [-0.39, 0.29) is 0 Å². The van der Waals surface area contributed by atoms with Gasteiger partial charge in [-0.3, -0.25) is 0 Å². The van der Waals surface area contributed by atoms with Gasteiger partial charge in [-0.2, -0.15) is 0 Å². The van der Waals surface area contributed by atoms with Crippen LogP contribution in [0.2, 0.25) is 0 Å². The van der Waals surface area contributed by atoms with Crippen molar-refractivity contribution in [2.75, 3.05) is 4.43 Å². The second-order valence-electron chi connectivity index (χ2n) is 2.68. The minimum absolute atomic E-state index is 1.08. The Morgan fingerprint density at radius 3 is 2.58 bits per heavy atom. The molecule has 0 bridgehead atoms. The molecule has 1 heteroatoms. The third-order valence-corrected chi connectivity index (χ3v) is 2.32. The molecule has 0 aromatic heterocycles. The largest absolute Gasteiger partial charge is 0.103 e. The molecule has 0 fully saturated rings. The van der Waals surface area contributed by atoms with Gasteiger partial charge in [0, 0.05) is 4.43 Å². The molecule has 12 heavy (non-hydrogen) atoms. The molecule has 0 aliphatic rings. The third kappa shape index (κ3) is 4.75. The summed E-state index contributed by atoms with van der Waals surface area (Å²) in [5.74, 6) is 0. The quantitative estimate of drug-likeness (QED) is 0.304. The van der Waals surface area contributed by atoms with Crippen LogP contribution in [0, 0.1) is 0 Å². The Kier molecular flexibility index (Phi) is 7.56. The average molecular weight is 276 g/mol. The van der Waals surface area contributed by atoms with Gasteiger partial charge in [0.05, 0.1) is 0 Å². The van der Waals surface area contributed by atoms with Crippen molar-refractivity contribution in [1.29, 1.82) is 0 Å². The van der Waals surface area contributed by atoms with E-state index in [2.05, 4.69) is 55.2 Å². The van der Waals surface area contributed by atoms with Gasteiger partial charge in [0.25, 0.3) is 0 Å². The van der Waals surface area contributed by atoms with Gasteiger partial charge < -0.3 is 0 Å². The normalized spacial score (nSPS) is 13.2. The predicted molar refractivity (Wildman–Crippen MR) is 65.8 cm³/mol. The summed E-state index contributed by atoms with van der Waals surface area (Å²) in [5.41, 5.74) is 2.86. The molecule has 0 heterocycles. The zero-order valence-corrected chi connectivity index (χ0v) is 10.1. The molecule has 0 nitrogen and oxygen atoms in total. The predicted octanol–water partition coefficient (Wildman–Crippen LogP) is 4.28. The van der Waals surface area contributed by atoms with Crippen LogP contribution in [0.1, 0.15) is 26.7 Å². The fourth-order valence-corrected chi connectivity index (χ4v) is 1.53. The maximum atomic E-state index is 3.73. The number of rotatable bonds is 5. The number of alkyl halides is 1. The average Bonchev–Trinajstić information content (AvgIpc) is 2.11. The Balaban J connectivity index is 4.23. The summed E-state index contributed by atoms with van der Waals surface area (Å²) in [6.07, 6.45) is 8.64. The molecule has 0 N–H and O–H groups in total. The van der Waals surface area contributed by atoms with Crippen LogP contribution in [0.25, 0.3) is 0 Å². The van der Waals surface area contributed by atoms with Crippen molar-refractivity contribution in [2.24, 2.45) is 0 Å². The van der Waals surface area contributed by atoms with Crippen LogP contribution in [0.15, 0.2) is 36.0 Å². The number of halogens is 1. The van der Waals surface area contributed by atoms with Gasteiger partial charge in [0.15, 0.2) is 0 Å². The van der Waals surface area contributed by atoms with Gasteiger partial charge in [0.1, 0.15) is 0 Å². The van der Waals surface area contributed by atoms with Crippen molar-refractivity contribution in [3.63, 3.8) is 0 Å². The van der Waals surface area contributed by atoms with Crippen molar-refractivity contribution >= 4 is 22.6 Å². The molecule has 0 radical (unpaired) electrons. The topological polar surface area (TPSA) is 0 Å². The van der Waals surface area contributed by atoms with Crippen LogP contribution in [-0.2, 0) is 0 Å². The number of hydrogen-bond donors (Lipinski definition) is 0. The zero-order chi connectivity index (χ0) is 9.40. The minimum Gasteiger partial charge on any atom is -0.103 e. The molecule has 0 aliphatic heterocycles. The molecule has 0 saturated carbocycles. The fourth-order valence-electron chi connectivity index (χ4n) is 0.996. The molecule has 68 valence electrons. The lowest BCUT2D eigenvalue weighted by molar-refractivity contribution is 0.983. The van der Waals surface area contributed by atoms with Crippen LogP contribution in [0.5, 0.6) is 0 Å². The molecule has 0 amide bonds. The lowest BCUT2D eigenvalue weighted by atomic mass is 10.0. The SMILES string of the molecule is C=CCCC(=C\CI)/C(C)=C/C. The van der Waals surface area contributed by atoms with Gasteiger partial charge in [-0.25, -0.2) is 0 Å². The minimum atomic E-state index is 1.08. The van der Waals surface area contributed by atoms with Crippen molar-refractivity contribution in [1.82, 2.24) is 0 Å². The maximum absolute atomic E-state index is 3.73. The summed E-state index contributed by atoms with van der Waals surface area (Å²) in [7, 11) is 0. The van der Waals surface area contributed by atoms with E-state index in [4.69, 9.17) is 0 Å². The summed E-state index contributed by atoms with van der Waals surface area (Å²) in [6, 6.07) is 0. The molecule has 0 aromatic carbocycles. The lowest BCUT2D eigenvalue weighted by Gasteiger charge is -2.05. The smallest absolute Gasteiger partial charge is 0.0181 e. The second kappa shape index (κ2) is 7.59. The van der Waals surface area contributed by atoms with E-state index in [9.17, 15) is 0 Å². The standard InChI is InChI=1S/C11H17I/c1-4-6-7-11(8-9-12)10(3)5-2/h4-5,8H,1,6-7,9H2,2-3H3/b10-5+,11-8+. The summed E-state index contributed by atoms with van der Waals surface area (Å²) in [4.78, 5) is 0. The number of hydrogen-bond acceptors (Lipinski definition) is 0. The molecule has 0 aromatic rings. The Hall–Kier alpha value is -0.0500. The van der Waals surface area contributed by atoms with Gasteiger partial charge in [0.2, 0.25) is 0 Å². The van der Waals surface area contributed by atoms with Crippen molar-refractivity contribution in [2.45, 2.75) is 26.7 Å². The van der Waals surface area contributed by atoms with Gasteiger partial charge in [-0.05, 0) is 32.3 Å². The van der Waals surface area contributed by atoms with Gasteiger partial charge in [-0.15, -0.1) is 6.58 Å². The Labute approximate surface area is 89.6 Å². The van der Waals surface area contributed by atoms with E-state index in [1.807, 2.05) is 6.08 Å². The molecular formula is C11H17I. The molecule has 0 atom stereocenters. The highest BCUT2D eigenvalue weighted by Gasteiger charge is 1.96. The molecule has 0 saturated heterocycles. The van der Waals surface area contributed by atoms with Crippen LogP contribution in [0.3, 0.4) is 0 Å². The first-order valence-electron chi connectivity index (χ1n) is 4.25. The molecular weight excluding hydrogens is 259 g/mol. The van der Waals surface area contributed by atoms with Crippen LogP contribution in [0.4, 0.5) is 0 Å². The molecule has 0 aliphatic carbocycles. The van der Waals surface area contributed by atoms with Crippen molar-refractivity contribution < 1.29 is 0 Å². The highest BCUT2D eigenvalue weighted by Crippen LogP contribution is 2.16. The lowest BCUT2D eigenvalue weighted by Crippen LogP contribution is -1.86. The van der Waals surface area contributed by atoms with Crippen LogP contribution >= 0.6 is 22.6 Å². The van der Waals surface area contributed by atoms with E-state index in [1.54, 1.807) is 0 Å². The summed E-state index contributed by atoms with van der Waals surface area (Å²) in [5, 5.41) is 0. The van der Waals surface area contributed by atoms with Crippen LogP contribution in [-0.4, -0.2) is 4.43 Å². The van der Waals surface area contributed by atoms with Crippen molar-refractivity contribution in [3.05, 3.63) is 36.0 Å². The van der Waals surface area contributed by atoms with E-state index in [0.717, 1.165) is 17.3 Å². The Bertz CT molecular complexity index is 187. The second-order valence-corrected chi connectivity index (χ2v) is 3.56. The van der Waals surface area contributed by atoms with Crippen LogP contribution < -0.4 is 0 Å². The first-order valence-corrected chi connectivity index (χ1v) is 5.78. The Morgan fingerprint density at radius 1 is 1.50 bits per heavy atom. The monoisotopic (exact) mass is 276 g/mol. The summed E-state index contributed by atoms with van der Waals surface area (Å²) < 4.78 is 1.09. The number of allylic oxidation sites excluding steroid dienone is 5. The third-order valence-electron chi connectivity index (χ3n) is 1.88. The van der Waals surface area contributed by atoms with E-state index < -0.39 is 0 Å². The summed E-state index contributed by atoms with van der Waals surface area (Å²) >= 11 is 2.37. The molecule has 0 rings (SSSR count). The van der Waals surface area contributed by atoms with Crippen molar-refractivity contribution in [3.8, 4) is 0 Å². The maximum Gasteiger partial charge on any atom is 0.0181 e. The fraction of sp³-hybridized carbons (Fsp3) is 0.455. The summed E-state index contributed by atoms with van der Waals surface area (Å²) in [6.45, 7) is 7.98. The highest BCUT2D eigenvalue weighted by molar-refractivity contribution is 14.1.